The number of aryl methyl sites for hydroxylation is 1. The molecule has 0 heterocycles. The molecule has 0 radical (unpaired) electrons. The summed E-state index contributed by atoms with van der Waals surface area (Å²) in [5.41, 5.74) is 0.109. The van der Waals surface area contributed by atoms with Crippen LogP contribution in [0.3, 0.4) is 0 Å². The van der Waals surface area contributed by atoms with Gasteiger partial charge in [-0.2, -0.15) is 0 Å². The van der Waals surface area contributed by atoms with Crippen molar-refractivity contribution in [3.63, 3.8) is 0 Å². The fourth-order valence-electron chi connectivity index (χ4n) is 3.07. The summed E-state index contributed by atoms with van der Waals surface area (Å²) in [7, 11) is 0. The van der Waals surface area contributed by atoms with Gasteiger partial charge < -0.3 is 10.4 Å². The lowest BCUT2D eigenvalue weighted by Crippen LogP contribution is -2.56. The predicted octanol–water partition coefficient (Wildman–Crippen LogP) is 3.41. The Bertz CT molecular complexity index is 552. The van der Waals surface area contributed by atoms with Crippen LogP contribution in [0.1, 0.15) is 48.5 Å². The van der Waals surface area contributed by atoms with Crippen LogP contribution in [0.4, 0.5) is 0 Å². The first kappa shape index (κ1) is 15.8. The highest BCUT2D eigenvalue weighted by atomic mass is 35.5. The lowest BCUT2D eigenvalue weighted by atomic mass is 9.76. The smallest absolute Gasteiger partial charge is 0.329 e. The summed E-state index contributed by atoms with van der Waals surface area (Å²) in [5, 5.41) is 12.8. The summed E-state index contributed by atoms with van der Waals surface area (Å²) in [5.74, 6) is -1.05. The molecule has 0 spiro atoms. The number of carbonyl (C=O) groups is 2. The minimum absolute atomic E-state index is 0.288. The molecule has 2 atom stereocenters. The van der Waals surface area contributed by atoms with E-state index in [1.54, 1.807) is 18.2 Å². The maximum Gasteiger partial charge on any atom is 0.329 e. The van der Waals surface area contributed by atoms with E-state index < -0.39 is 11.5 Å². The monoisotopic (exact) mass is 309 g/mol. The van der Waals surface area contributed by atoms with Crippen LogP contribution in [-0.2, 0) is 4.79 Å². The van der Waals surface area contributed by atoms with E-state index in [-0.39, 0.29) is 11.8 Å². The van der Waals surface area contributed by atoms with Crippen molar-refractivity contribution >= 4 is 23.5 Å². The molecule has 0 saturated heterocycles. The van der Waals surface area contributed by atoms with Crippen molar-refractivity contribution in [2.24, 2.45) is 5.92 Å². The van der Waals surface area contributed by atoms with Gasteiger partial charge >= 0.3 is 5.97 Å². The molecule has 0 bridgehead atoms. The van der Waals surface area contributed by atoms with Gasteiger partial charge in [0.1, 0.15) is 5.54 Å². The van der Waals surface area contributed by atoms with Crippen molar-refractivity contribution < 1.29 is 14.7 Å². The van der Waals surface area contributed by atoms with E-state index >= 15 is 0 Å². The predicted molar refractivity (Wildman–Crippen MR) is 81.7 cm³/mol. The molecule has 2 rings (SSSR count). The van der Waals surface area contributed by atoms with Gasteiger partial charge in [-0.15, -0.1) is 0 Å². The van der Waals surface area contributed by atoms with Crippen LogP contribution in [0.25, 0.3) is 0 Å². The number of hydrogen-bond acceptors (Lipinski definition) is 2. The fourth-order valence-corrected chi connectivity index (χ4v) is 3.36. The highest BCUT2D eigenvalue weighted by Gasteiger charge is 2.43. The third kappa shape index (κ3) is 3.56. The minimum Gasteiger partial charge on any atom is -0.480 e. The summed E-state index contributed by atoms with van der Waals surface area (Å²) in [6.07, 6.45) is 2.75. The van der Waals surface area contributed by atoms with Gasteiger partial charge in [-0.3, -0.25) is 4.79 Å². The highest BCUT2D eigenvalue weighted by Crippen LogP contribution is 2.33. The van der Waals surface area contributed by atoms with Crippen LogP contribution in [0.15, 0.2) is 18.2 Å². The largest absolute Gasteiger partial charge is 0.480 e. The molecule has 1 aromatic rings. The number of carbonyl (C=O) groups excluding carboxylic acids is 1. The van der Waals surface area contributed by atoms with Crippen LogP contribution in [0, 0.1) is 12.8 Å². The average molecular weight is 310 g/mol. The molecule has 5 heteroatoms. The molecule has 1 aromatic carbocycles. The van der Waals surface area contributed by atoms with Gasteiger partial charge in [-0.25, -0.2) is 4.79 Å². The first-order chi connectivity index (χ1) is 9.82. The maximum atomic E-state index is 12.4. The Morgan fingerprint density at radius 3 is 2.67 bits per heavy atom. The number of benzene rings is 1. The molecule has 1 aliphatic carbocycles. The molecule has 0 aromatic heterocycles. The Labute approximate surface area is 129 Å². The first-order valence-electron chi connectivity index (χ1n) is 7.15. The Morgan fingerprint density at radius 1 is 1.38 bits per heavy atom. The van der Waals surface area contributed by atoms with Gasteiger partial charge in [0.25, 0.3) is 5.91 Å². The second-order valence-electron chi connectivity index (χ2n) is 6.06. The molecule has 1 saturated carbocycles. The SMILES string of the molecule is Cc1cc(Cl)cc(C(=O)NC2(C(=O)O)CCCC(C)C2)c1. The first-order valence-corrected chi connectivity index (χ1v) is 7.53. The van der Waals surface area contributed by atoms with Crippen LogP contribution < -0.4 is 5.32 Å². The van der Waals surface area contributed by atoms with E-state index in [0.717, 1.165) is 18.4 Å². The average Bonchev–Trinajstić information content (AvgIpc) is 2.37. The Hall–Kier alpha value is -1.55. The molecule has 1 fully saturated rings. The van der Waals surface area contributed by atoms with Crippen LogP contribution in [0.5, 0.6) is 0 Å². The summed E-state index contributed by atoms with van der Waals surface area (Å²) in [6.45, 7) is 3.87. The Balaban J connectivity index is 2.24. The summed E-state index contributed by atoms with van der Waals surface area (Å²) >= 11 is 5.96. The van der Waals surface area contributed by atoms with E-state index in [2.05, 4.69) is 5.32 Å². The normalized spacial score (nSPS) is 25.4. The quantitative estimate of drug-likeness (QED) is 0.899. The zero-order chi connectivity index (χ0) is 15.6. The van der Waals surface area contributed by atoms with E-state index in [4.69, 9.17) is 11.6 Å². The Kier molecular flexibility index (Phi) is 4.57. The lowest BCUT2D eigenvalue weighted by molar-refractivity contribution is -0.146. The minimum atomic E-state index is -1.16. The molecule has 2 unspecified atom stereocenters. The van der Waals surface area contributed by atoms with E-state index in [9.17, 15) is 14.7 Å². The molecule has 4 nitrogen and oxygen atoms in total. The van der Waals surface area contributed by atoms with Gasteiger partial charge in [0.2, 0.25) is 0 Å². The third-order valence-corrected chi connectivity index (χ3v) is 4.28. The van der Waals surface area contributed by atoms with Crippen molar-refractivity contribution in [2.75, 3.05) is 0 Å². The van der Waals surface area contributed by atoms with E-state index in [1.807, 2.05) is 13.8 Å². The zero-order valence-electron chi connectivity index (χ0n) is 12.3. The molecule has 1 aliphatic rings. The van der Waals surface area contributed by atoms with Crippen LogP contribution in [0.2, 0.25) is 5.02 Å². The fraction of sp³-hybridized carbons (Fsp3) is 0.500. The zero-order valence-corrected chi connectivity index (χ0v) is 13.0. The molecule has 21 heavy (non-hydrogen) atoms. The van der Waals surface area contributed by atoms with Gasteiger partial charge in [-0.05, 0) is 49.4 Å². The Morgan fingerprint density at radius 2 is 2.10 bits per heavy atom. The summed E-state index contributed by atoms with van der Waals surface area (Å²) < 4.78 is 0. The topological polar surface area (TPSA) is 66.4 Å². The number of nitrogens with one attached hydrogen (secondary N) is 1. The standard InChI is InChI=1S/C16H20ClNO3/c1-10-4-3-5-16(9-10,15(20)21)18-14(19)12-6-11(2)7-13(17)8-12/h6-8,10H,3-5,9H2,1-2H3,(H,18,19)(H,20,21). The van der Waals surface area contributed by atoms with Crippen molar-refractivity contribution in [1.82, 2.24) is 5.32 Å². The summed E-state index contributed by atoms with van der Waals surface area (Å²) in [6, 6.07) is 5.03. The number of rotatable bonds is 3. The van der Waals surface area contributed by atoms with Crippen molar-refractivity contribution in [1.29, 1.82) is 0 Å². The van der Waals surface area contributed by atoms with Gasteiger partial charge in [0.15, 0.2) is 0 Å². The molecule has 0 aliphatic heterocycles. The third-order valence-electron chi connectivity index (χ3n) is 4.06. The van der Waals surface area contributed by atoms with E-state index in [0.29, 0.717) is 23.4 Å². The van der Waals surface area contributed by atoms with Crippen molar-refractivity contribution in [2.45, 2.75) is 45.1 Å². The second-order valence-corrected chi connectivity index (χ2v) is 6.50. The molecule has 2 N–H and O–H groups in total. The van der Waals surface area contributed by atoms with Gasteiger partial charge in [0.05, 0.1) is 0 Å². The number of carboxylic acids is 1. The van der Waals surface area contributed by atoms with Crippen molar-refractivity contribution in [3.8, 4) is 0 Å². The maximum absolute atomic E-state index is 12.4. The lowest BCUT2D eigenvalue weighted by Gasteiger charge is -2.37. The molecule has 1 amide bonds. The number of aliphatic carboxylic acids is 1. The van der Waals surface area contributed by atoms with Gasteiger partial charge in [0, 0.05) is 10.6 Å². The van der Waals surface area contributed by atoms with E-state index in [1.165, 1.54) is 0 Å². The molecular formula is C16H20ClNO3. The number of halogens is 1. The number of carboxylic acid groups (broad SMARTS) is 1. The van der Waals surface area contributed by atoms with Crippen LogP contribution >= 0.6 is 11.6 Å². The second kappa shape index (κ2) is 6.06. The summed E-state index contributed by atoms with van der Waals surface area (Å²) in [4.78, 5) is 24.1. The van der Waals surface area contributed by atoms with Crippen LogP contribution in [-0.4, -0.2) is 22.5 Å². The van der Waals surface area contributed by atoms with Gasteiger partial charge in [-0.1, -0.05) is 31.4 Å². The number of amides is 1. The highest BCUT2D eigenvalue weighted by molar-refractivity contribution is 6.31. The number of hydrogen-bond donors (Lipinski definition) is 2. The molecular weight excluding hydrogens is 290 g/mol. The van der Waals surface area contributed by atoms with Crippen molar-refractivity contribution in [3.05, 3.63) is 34.3 Å². The molecule has 114 valence electrons.